The molecule has 0 amide bonds. The van der Waals surface area contributed by atoms with Crippen LogP contribution in [0.4, 0.5) is 5.69 Å². The summed E-state index contributed by atoms with van der Waals surface area (Å²) in [7, 11) is 4.21. The molecule has 2 aromatic heterocycles. The predicted molar refractivity (Wildman–Crippen MR) is 172 cm³/mol. The molecule has 0 unspecified atom stereocenters. The number of nitrogens with two attached hydrogens (primary N) is 1. The van der Waals surface area contributed by atoms with Crippen LogP contribution in [0.2, 0.25) is 5.02 Å². The third kappa shape index (κ3) is 6.49. The van der Waals surface area contributed by atoms with Crippen molar-refractivity contribution >= 4 is 58.8 Å². The highest BCUT2D eigenvalue weighted by molar-refractivity contribution is 6.33. The number of hydrogen-bond acceptors (Lipinski definition) is 8. The van der Waals surface area contributed by atoms with Gasteiger partial charge in [-0.3, -0.25) is 14.3 Å². The van der Waals surface area contributed by atoms with Gasteiger partial charge in [-0.25, -0.2) is 4.79 Å². The van der Waals surface area contributed by atoms with Gasteiger partial charge in [-0.1, -0.05) is 17.7 Å². The van der Waals surface area contributed by atoms with Crippen LogP contribution in [0.15, 0.2) is 83.8 Å². The van der Waals surface area contributed by atoms with Crippen LogP contribution in [-0.4, -0.2) is 36.8 Å². The number of benzene rings is 3. The van der Waals surface area contributed by atoms with E-state index in [0.29, 0.717) is 50.5 Å². The largest absolute Gasteiger partial charge is 0.495 e. The van der Waals surface area contributed by atoms with Crippen molar-refractivity contribution in [2.75, 3.05) is 27.1 Å². The molecule has 5 aromatic rings. The van der Waals surface area contributed by atoms with E-state index in [9.17, 15) is 9.59 Å². The van der Waals surface area contributed by atoms with Crippen LogP contribution in [0.1, 0.15) is 16.2 Å². The van der Waals surface area contributed by atoms with Gasteiger partial charge in [-0.15, -0.1) is 24.8 Å². The predicted octanol–water partition coefficient (Wildman–Crippen LogP) is 6.51. The first-order valence-corrected chi connectivity index (χ1v) is 12.9. The second-order valence-electron chi connectivity index (χ2n) is 8.96. The van der Waals surface area contributed by atoms with Crippen molar-refractivity contribution < 1.29 is 23.7 Å². The van der Waals surface area contributed by atoms with Crippen molar-refractivity contribution in [3.8, 4) is 34.1 Å². The lowest BCUT2D eigenvalue weighted by Crippen LogP contribution is -2.27. The molecule has 0 saturated carbocycles. The summed E-state index contributed by atoms with van der Waals surface area (Å²) in [6.45, 7) is 0.206. The topological polar surface area (TPSA) is 115 Å². The molecule has 9 nitrogen and oxygen atoms in total. The smallest absolute Gasteiger partial charge is 0.355 e. The molecule has 0 radical (unpaired) electrons. The molecule has 224 valence electrons. The average molecular weight is 645 g/mol. The molecule has 0 atom stereocenters. The minimum Gasteiger partial charge on any atom is -0.495 e. The third-order valence-corrected chi connectivity index (χ3v) is 6.90. The van der Waals surface area contributed by atoms with Crippen molar-refractivity contribution in [1.82, 2.24) is 9.55 Å². The molecule has 5 rings (SSSR count). The molecule has 0 aliphatic heterocycles. The lowest BCUT2D eigenvalue weighted by atomic mass is 9.95. The van der Waals surface area contributed by atoms with Crippen molar-refractivity contribution in [3.05, 3.63) is 106 Å². The van der Waals surface area contributed by atoms with E-state index in [0.717, 1.165) is 5.69 Å². The molecule has 0 aliphatic carbocycles. The van der Waals surface area contributed by atoms with E-state index in [4.69, 9.17) is 36.3 Å². The zero-order valence-electron chi connectivity index (χ0n) is 23.3. The number of nitrogen functional groups attached to an aromatic ring is 1. The highest BCUT2D eigenvalue weighted by Crippen LogP contribution is 2.42. The Kier molecular flexibility index (Phi) is 10.9. The van der Waals surface area contributed by atoms with Gasteiger partial charge in [0.1, 0.15) is 34.6 Å². The Morgan fingerprint density at radius 3 is 2.16 bits per heavy atom. The highest BCUT2D eigenvalue weighted by Gasteiger charge is 2.27. The molecule has 0 spiro atoms. The molecule has 0 saturated heterocycles. The van der Waals surface area contributed by atoms with Gasteiger partial charge in [0.25, 0.3) is 5.56 Å². The van der Waals surface area contributed by atoms with Gasteiger partial charge in [0.05, 0.1) is 32.4 Å². The molecule has 3 aromatic carbocycles. The zero-order chi connectivity index (χ0) is 29.1. The van der Waals surface area contributed by atoms with Gasteiger partial charge in [0.2, 0.25) is 0 Å². The molecule has 0 aliphatic rings. The summed E-state index contributed by atoms with van der Waals surface area (Å²) in [5, 5.41) is 1.05. The zero-order valence-corrected chi connectivity index (χ0v) is 25.7. The number of methoxy groups -OCH3 is 3. The van der Waals surface area contributed by atoms with Gasteiger partial charge >= 0.3 is 5.97 Å². The van der Waals surface area contributed by atoms with Gasteiger partial charge in [-0.2, -0.15) is 0 Å². The Morgan fingerprint density at radius 1 is 0.907 bits per heavy atom. The number of rotatable bonds is 8. The number of carbonyl (C=O) groups excluding carboxylic acids is 1. The van der Waals surface area contributed by atoms with Crippen molar-refractivity contribution in [3.63, 3.8) is 0 Å². The maximum atomic E-state index is 14.2. The summed E-state index contributed by atoms with van der Waals surface area (Å²) in [5.41, 5.74) is 8.04. The number of pyridine rings is 2. The SMILES string of the molecule is COC(=O)c1c(-c2cc(OC)c(Cl)c(OC)c2)c2ccc(OCc3ccccn3)cc2c(=O)n1-c1ccc(N)cc1.Cl.Cl. The molecular weight excluding hydrogens is 617 g/mol. The van der Waals surface area contributed by atoms with Crippen LogP contribution >= 0.6 is 36.4 Å². The monoisotopic (exact) mass is 643 g/mol. The fourth-order valence-corrected chi connectivity index (χ4v) is 4.84. The summed E-state index contributed by atoms with van der Waals surface area (Å²) in [6.07, 6.45) is 1.68. The van der Waals surface area contributed by atoms with Gasteiger partial charge in [-0.05, 0) is 77.7 Å². The minimum atomic E-state index is -0.723. The molecule has 43 heavy (non-hydrogen) atoms. The number of carbonyl (C=O) groups is 1. The molecular formula is C31H28Cl3N3O6. The van der Waals surface area contributed by atoms with Crippen LogP contribution in [0.5, 0.6) is 17.2 Å². The van der Waals surface area contributed by atoms with E-state index in [-0.39, 0.29) is 42.1 Å². The van der Waals surface area contributed by atoms with Gasteiger partial charge in [0, 0.05) is 23.1 Å². The first-order chi connectivity index (χ1) is 19.9. The fourth-order valence-electron chi connectivity index (χ4n) is 4.58. The number of halogens is 3. The van der Waals surface area contributed by atoms with Crippen LogP contribution in [0.3, 0.4) is 0 Å². The Morgan fingerprint density at radius 2 is 1.58 bits per heavy atom. The van der Waals surface area contributed by atoms with E-state index < -0.39 is 11.5 Å². The lowest BCUT2D eigenvalue weighted by molar-refractivity contribution is 0.0591. The number of nitrogens with zero attached hydrogens (tertiary/aromatic N) is 2. The number of esters is 1. The van der Waals surface area contributed by atoms with Crippen molar-refractivity contribution in [2.24, 2.45) is 0 Å². The molecule has 12 heteroatoms. The molecule has 2 heterocycles. The van der Waals surface area contributed by atoms with Crippen molar-refractivity contribution in [1.29, 1.82) is 0 Å². The lowest BCUT2D eigenvalue weighted by Gasteiger charge is -2.20. The van der Waals surface area contributed by atoms with E-state index in [2.05, 4.69) is 4.98 Å². The Bertz CT molecular complexity index is 1790. The average Bonchev–Trinajstić information content (AvgIpc) is 3.01. The van der Waals surface area contributed by atoms with Crippen LogP contribution in [0.25, 0.3) is 27.6 Å². The normalized spacial score (nSPS) is 10.3. The van der Waals surface area contributed by atoms with Crippen LogP contribution in [0, 0.1) is 0 Å². The highest BCUT2D eigenvalue weighted by atomic mass is 35.5. The van der Waals surface area contributed by atoms with Gasteiger partial charge < -0.3 is 24.7 Å². The Balaban J connectivity index is 0.00000253. The third-order valence-electron chi connectivity index (χ3n) is 6.53. The summed E-state index contributed by atoms with van der Waals surface area (Å²) in [6, 6.07) is 20.6. The maximum absolute atomic E-state index is 14.2. The second-order valence-corrected chi connectivity index (χ2v) is 9.34. The first kappa shape index (κ1) is 33.1. The standard InChI is InChI=1S/C31H26ClN3O6.2ClH/c1-38-25-14-18(15-26(39-2)28(25)32)27-23-12-11-22(41-17-20-6-4-5-13-34-20)16-24(23)30(36)35(29(27)31(37)40-3)21-9-7-19(33)8-10-21;;/h4-16H,17,33H2,1-3H3;2*1H. The van der Waals surface area contributed by atoms with E-state index in [1.807, 2.05) is 18.2 Å². The van der Waals surface area contributed by atoms with Gasteiger partial charge in [0.15, 0.2) is 0 Å². The van der Waals surface area contributed by atoms with Crippen LogP contribution in [-0.2, 0) is 11.3 Å². The van der Waals surface area contributed by atoms with E-state index >= 15 is 0 Å². The first-order valence-electron chi connectivity index (χ1n) is 12.5. The number of anilines is 1. The quantitative estimate of drug-likeness (QED) is 0.150. The summed E-state index contributed by atoms with van der Waals surface area (Å²) in [4.78, 5) is 31.9. The maximum Gasteiger partial charge on any atom is 0.355 e. The summed E-state index contributed by atoms with van der Waals surface area (Å²) in [5.74, 6) is 0.377. The second kappa shape index (κ2) is 14.2. The Hall–Kier alpha value is -4.44. The van der Waals surface area contributed by atoms with E-state index in [1.165, 1.54) is 25.9 Å². The number of hydrogen-bond donors (Lipinski definition) is 1. The molecule has 2 N–H and O–H groups in total. The minimum absolute atomic E-state index is 0. The molecule has 0 fully saturated rings. The van der Waals surface area contributed by atoms with E-state index in [1.54, 1.807) is 60.8 Å². The van der Waals surface area contributed by atoms with Crippen LogP contribution < -0.4 is 25.5 Å². The fraction of sp³-hybridized carbons (Fsp3) is 0.129. The number of fused-ring (bicyclic) bond motifs is 1. The molecule has 0 bridgehead atoms. The number of ether oxygens (including phenoxy) is 4. The summed E-state index contributed by atoms with van der Waals surface area (Å²) >= 11 is 6.46. The summed E-state index contributed by atoms with van der Waals surface area (Å²) < 4.78 is 23.5. The van der Waals surface area contributed by atoms with Crippen molar-refractivity contribution in [2.45, 2.75) is 6.61 Å². The number of aromatic nitrogens is 2. The Labute approximate surface area is 264 Å².